The maximum absolute atomic E-state index is 11.6. The van der Waals surface area contributed by atoms with Gasteiger partial charge in [0.2, 0.25) is 5.91 Å². The molecule has 0 saturated heterocycles. The highest BCUT2D eigenvalue weighted by molar-refractivity contribution is 5.78. The van der Waals surface area contributed by atoms with E-state index in [9.17, 15) is 4.79 Å². The second-order valence-electron chi connectivity index (χ2n) is 5.74. The molecule has 1 saturated carbocycles. The van der Waals surface area contributed by atoms with Crippen LogP contribution in [0.25, 0.3) is 0 Å². The zero-order chi connectivity index (χ0) is 12.2. The monoisotopic (exact) mass is 226 g/mol. The first-order valence-corrected chi connectivity index (χ1v) is 6.45. The summed E-state index contributed by atoms with van der Waals surface area (Å²) in [7, 11) is 0. The molecule has 1 aliphatic rings. The fourth-order valence-electron chi connectivity index (χ4n) is 1.78. The van der Waals surface area contributed by atoms with E-state index in [2.05, 4.69) is 38.3 Å². The maximum atomic E-state index is 11.6. The van der Waals surface area contributed by atoms with Gasteiger partial charge in [-0.2, -0.15) is 0 Å². The quantitative estimate of drug-likeness (QED) is 0.698. The van der Waals surface area contributed by atoms with Crippen molar-refractivity contribution in [1.82, 2.24) is 10.6 Å². The summed E-state index contributed by atoms with van der Waals surface area (Å²) in [6.45, 7) is 9.87. The van der Waals surface area contributed by atoms with E-state index in [0.29, 0.717) is 12.0 Å². The third-order valence-electron chi connectivity index (χ3n) is 3.85. The molecule has 0 bridgehead atoms. The summed E-state index contributed by atoms with van der Waals surface area (Å²) in [5.41, 5.74) is 0.432. The molecule has 3 heteroatoms. The molecule has 0 heterocycles. The van der Waals surface area contributed by atoms with Crippen molar-refractivity contribution in [2.45, 2.75) is 58.9 Å². The molecule has 0 aliphatic heterocycles. The topological polar surface area (TPSA) is 41.1 Å². The summed E-state index contributed by atoms with van der Waals surface area (Å²) < 4.78 is 0. The van der Waals surface area contributed by atoms with Crippen LogP contribution in [0.3, 0.4) is 0 Å². The standard InChI is InChI=1S/C13H26N2O/c1-5-12(3,4)15-11(16)9-14-10-13(6-2)7-8-13/h14H,5-10H2,1-4H3,(H,15,16). The molecule has 0 aromatic heterocycles. The van der Waals surface area contributed by atoms with Gasteiger partial charge in [0.15, 0.2) is 0 Å². The van der Waals surface area contributed by atoms with Gasteiger partial charge in [-0.05, 0) is 44.9 Å². The molecule has 0 radical (unpaired) electrons. The average Bonchev–Trinajstić information content (AvgIpc) is 2.98. The molecule has 0 atom stereocenters. The SMILES string of the molecule is CCC1(CNCC(=O)NC(C)(C)CC)CC1. The minimum Gasteiger partial charge on any atom is -0.350 e. The Bertz CT molecular complexity index is 244. The van der Waals surface area contributed by atoms with Gasteiger partial charge in [0.1, 0.15) is 0 Å². The first-order chi connectivity index (χ1) is 7.43. The van der Waals surface area contributed by atoms with Crippen molar-refractivity contribution < 1.29 is 4.79 Å². The van der Waals surface area contributed by atoms with E-state index in [0.717, 1.165) is 13.0 Å². The van der Waals surface area contributed by atoms with Crippen LogP contribution < -0.4 is 10.6 Å². The summed E-state index contributed by atoms with van der Waals surface area (Å²) in [6.07, 6.45) is 4.82. The Balaban J connectivity index is 2.16. The molecule has 1 fully saturated rings. The van der Waals surface area contributed by atoms with Crippen molar-refractivity contribution >= 4 is 5.91 Å². The Morgan fingerprint density at radius 1 is 1.31 bits per heavy atom. The van der Waals surface area contributed by atoms with Crippen molar-refractivity contribution in [2.24, 2.45) is 5.41 Å². The predicted molar refractivity (Wildman–Crippen MR) is 67.3 cm³/mol. The van der Waals surface area contributed by atoms with Gasteiger partial charge in [0.25, 0.3) is 0 Å². The third kappa shape index (κ3) is 4.12. The lowest BCUT2D eigenvalue weighted by Gasteiger charge is -2.24. The summed E-state index contributed by atoms with van der Waals surface area (Å²) in [6, 6.07) is 0. The zero-order valence-electron chi connectivity index (χ0n) is 11.2. The molecule has 0 unspecified atom stereocenters. The smallest absolute Gasteiger partial charge is 0.234 e. The lowest BCUT2D eigenvalue weighted by Crippen LogP contribution is -2.47. The molecular formula is C13H26N2O. The average molecular weight is 226 g/mol. The van der Waals surface area contributed by atoms with E-state index in [1.807, 2.05) is 0 Å². The van der Waals surface area contributed by atoms with E-state index >= 15 is 0 Å². The Kier molecular flexibility index (Phi) is 4.36. The Labute approximate surface area is 99.4 Å². The van der Waals surface area contributed by atoms with Crippen molar-refractivity contribution in [1.29, 1.82) is 0 Å². The lowest BCUT2D eigenvalue weighted by molar-refractivity contribution is -0.121. The molecule has 3 nitrogen and oxygen atoms in total. The fraction of sp³-hybridized carbons (Fsp3) is 0.923. The summed E-state index contributed by atoms with van der Waals surface area (Å²) >= 11 is 0. The van der Waals surface area contributed by atoms with Crippen molar-refractivity contribution in [3.8, 4) is 0 Å². The predicted octanol–water partition coefficient (Wildman–Crippen LogP) is 2.07. The maximum Gasteiger partial charge on any atom is 0.234 e. The van der Waals surface area contributed by atoms with Crippen molar-refractivity contribution in [3.05, 3.63) is 0 Å². The van der Waals surface area contributed by atoms with Gasteiger partial charge in [-0.25, -0.2) is 0 Å². The van der Waals surface area contributed by atoms with Gasteiger partial charge in [-0.1, -0.05) is 13.8 Å². The minimum atomic E-state index is -0.0826. The van der Waals surface area contributed by atoms with E-state index in [1.165, 1.54) is 19.3 Å². The summed E-state index contributed by atoms with van der Waals surface area (Å²) in [5, 5.41) is 6.30. The van der Waals surface area contributed by atoms with Crippen LogP contribution in [-0.4, -0.2) is 24.5 Å². The van der Waals surface area contributed by atoms with Gasteiger partial charge >= 0.3 is 0 Å². The van der Waals surface area contributed by atoms with Gasteiger partial charge in [0, 0.05) is 12.1 Å². The van der Waals surface area contributed by atoms with Crippen LogP contribution >= 0.6 is 0 Å². The van der Waals surface area contributed by atoms with Gasteiger partial charge < -0.3 is 10.6 Å². The van der Waals surface area contributed by atoms with E-state index in [1.54, 1.807) is 0 Å². The number of rotatable bonds is 7. The second kappa shape index (κ2) is 5.17. The molecule has 0 spiro atoms. The van der Waals surface area contributed by atoms with E-state index < -0.39 is 0 Å². The molecule has 2 N–H and O–H groups in total. The van der Waals surface area contributed by atoms with E-state index in [4.69, 9.17) is 0 Å². The number of hydrogen-bond acceptors (Lipinski definition) is 2. The fourth-order valence-corrected chi connectivity index (χ4v) is 1.78. The molecule has 0 aromatic rings. The molecule has 0 aromatic carbocycles. The Morgan fingerprint density at radius 2 is 1.94 bits per heavy atom. The first-order valence-electron chi connectivity index (χ1n) is 6.45. The highest BCUT2D eigenvalue weighted by Gasteiger charge is 2.39. The lowest BCUT2D eigenvalue weighted by atomic mass is 10.0. The zero-order valence-corrected chi connectivity index (χ0v) is 11.2. The third-order valence-corrected chi connectivity index (χ3v) is 3.85. The second-order valence-corrected chi connectivity index (χ2v) is 5.74. The summed E-state index contributed by atoms with van der Waals surface area (Å²) in [5.74, 6) is 0.110. The minimum absolute atomic E-state index is 0.0826. The number of hydrogen-bond donors (Lipinski definition) is 2. The van der Waals surface area contributed by atoms with Crippen LogP contribution in [0.1, 0.15) is 53.4 Å². The van der Waals surface area contributed by atoms with Gasteiger partial charge in [-0.3, -0.25) is 4.79 Å². The van der Waals surface area contributed by atoms with Gasteiger partial charge in [-0.15, -0.1) is 0 Å². The van der Waals surface area contributed by atoms with Crippen molar-refractivity contribution in [3.63, 3.8) is 0 Å². The Hall–Kier alpha value is -0.570. The van der Waals surface area contributed by atoms with Crippen LogP contribution in [0, 0.1) is 5.41 Å². The first kappa shape index (κ1) is 13.5. The van der Waals surface area contributed by atoms with E-state index in [-0.39, 0.29) is 11.4 Å². The van der Waals surface area contributed by atoms with Gasteiger partial charge in [0.05, 0.1) is 6.54 Å². The normalized spacial score (nSPS) is 18.2. The summed E-state index contributed by atoms with van der Waals surface area (Å²) in [4.78, 5) is 11.6. The molecule has 94 valence electrons. The van der Waals surface area contributed by atoms with Crippen LogP contribution in [-0.2, 0) is 4.79 Å². The number of nitrogens with one attached hydrogen (secondary N) is 2. The highest BCUT2D eigenvalue weighted by Crippen LogP contribution is 2.47. The number of carbonyl (C=O) groups excluding carboxylic acids is 1. The molecule has 1 amide bonds. The molecular weight excluding hydrogens is 200 g/mol. The molecule has 16 heavy (non-hydrogen) atoms. The van der Waals surface area contributed by atoms with Crippen LogP contribution in [0.15, 0.2) is 0 Å². The number of amides is 1. The largest absolute Gasteiger partial charge is 0.350 e. The van der Waals surface area contributed by atoms with Crippen LogP contribution in [0.4, 0.5) is 0 Å². The van der Waals surface area contributed by atoms with Crippen molar-refractivity contribution in [2.75, 3.05) is 13.1 Å². The number of carbonyl (C=O) groups is 1. The molecule has 1 aliphatic carbocycles. The molecule has 1 rings (SSSR count). The van der Waals surface area contributed by atoms with Crippen LogP contribution in [0.2, 0.25) is 0 Å². The Morgan fingerprint density at radius 3 is 2.38 bits per heavy atom. The van der Waals surface area contributed by atoms with Crippen LogP contribution in [0.5, 0.6) is 0 Å². The highest BCUT2D eigenvalue weighted by atomic mass is 16.2.